The van der Waals surface area contributed by atoms with Crippen LogP contribution in [-0.4, -0.2) is 54.7 Å². The highest BCUT2D eigenvalue weighted by atomic mass is 16.8. The Hall–Kier alpha value is -3.34. The summed E-state index contributed by atoms with van der Waals surface area (Å²) in [6.45, 7) is 13.9. The number of esters is 2. The van der Waals surface area contributed by atoms with Crippen LogP contribution in [0.5, 0.6) is 11.5 Å². The fourth-order valence-electron chi connectivity index (χ4n) is 3.20. The Bertz CT molecular complexity index is 1010. The zero-order valence-corrected chi connectivity index (χ0v) is 24.5. The Kier molecular flexibility index (Phi) is 12.2. The lowest BCUT2D eigenvalue weighted by Crippen LogP contribution is -2.51. The van der Waals surface area contributed by atoms with Gasteiger partial charge in [0, 0.05) is 19.3 Å². The van der Waals surface area contributed by atoms with Crippen LogP contribution in [-0.2, 0) is 35.0 Å². The molecule has 1 rings (SSSR count). The monoisotopic (exact) mass is 553 g/mol. The second-order valence-corrected chi connectivity index (χ2v) is 11.6. The van der Waals surface area contributed by atoms with E-state index in [9.17, 15) is 19.2 Å². The van der Waals surface area contributed by atoms with Crippen LogP contribution in [0, 0.1) is 5.92 Å². The highest BCUT2D eigenvalue weighted by Crippen LogP contribution is 2.32. The molecule has 0 aliphatic rings. The van der Waals surface area contributed by atoms with Gasteiger partial charge in [0.15, 0.2) is 11.5 Å². The standard InChI is InChI=1S/C28H43NO10/c1-18(2)10-13-22(30)35-15-14-28(29,23(31)34-9)17-19-11-12-20(36-24(32)38-26(3,4)5)21(16-19)37-25(33)39-27(6,7)8/h11-12,16,18H,10,13-15,17,29H2,1-9H3/t28-/m1/s1. The summed E-state index contributed by atoms with van der Waals surface area (Å²) >= 11 is 0. The number of rotatable bonds is 11. The number of nitrogens with two attached hydrogens (primary N) is 1. The van der Waals surface area contributed by atoms with Gasteiger partial charge in [-0.2, -0.15) is 0 Å². The predicted octanol–water partition coefficient (Wildman–Crippen LogP) is 5.10. The smallest absolute Gasteiger partial charge is 0.468 e. The summed E-state index contributed by atoms with van der Waals surface area (Å²) in [4.78, 5) is 49.3. The summed E-state index contributed by atoms with van der Waals surface area (Å²) in [7, 11) is 1.20. The van der Waals surface area contributed by atoms with Gasteiger partial charge < -0.3 is 34.2 Å². The van der Waals surface area contributed by atoms with E-state index in [0.717, 1.165) is 0 Å². The first-order valence-electron chi connectivity index (χ1n) is 12.8. The van der Waals surface area contributed by atoms with E-state index in [0.29, 0.717) is 17.9 Å². The number of hydrogen-bond acceptors (Lipinski definition) is 11. The topological polar surface area (TPSA) is 150 Å². The maximum Gasteiger partial charge on any atom is 0.514 e. The average Bonchev–Trinajstić information content (AvgIpc) is 2.76. The summed E-state index contributed by atoms with van der Waals surface area (Å²) in [6, 6.07) is 4.31. The van der Waals surface area contributed by atoms with Gasteiger partial charge in [0.25, 0.3) is 0 Å². The van der Waals surface area contributed by atoms with Crippen LogP contribution < -0.4 is 15.2 Å². The highest BCUT2D eigenvalue weighted by molar-refractivity contribution is 5.81. The second-order valence-electron chi connectivity index (χ2n) is 11.6. The Labute approximate surface area is 230 Å². The van der Waals surface area contributed by atoms with Crippen molar-refractivity contribution in [3.63, 3.8) is 0 Å². The molecule has 0 heterocycles. The zero-order chi connectivity index (χ0) is 30.0. The second kappa shape index (κ2) is 14.2. The molecule has 0 amide bonds. The van der Waals surface area contributed by atoms with Gasteiger partial charge in [-0.25, -0.2) is 9.59 Å². The van der Waals surface area contributed by atoms with Crippen molar-refractivity contribution in [1.29, 1.82) is 0 Å². The average molecular weight is 554 g/mol. The van der Waals surface area contributed by atoms with Gasteiger partial charge in [0.1, 0.15) is 16.7 Å². The minimum atomic E-state index is -1.57. The first-order chi connectivity index (χ1) is 17.8. The van der Waals surface area contributed by atoms with E-state index < -0.39 is 35.0 Å². The maximum atomic E-state index is 12.6. The lowest BCUT2D eigenvalue weighted by atomic mass is 9.88. The Balaban J connectivity index is 3.18. The highest BCUT2D eigenvalue weighted by Gasteiger charge is 2.36. The molecule has 39 heavy (non-hydrogen) atoms. The maximum absolute atomic E-state index is 12.6. The molecule has 0 bridgehead atoms. The van der Waals surface area contributed by atoms with Crippen molar-refractivity contribution in [1.82, 2.24) is 0 Å². The number of hydrogen-bond donors (Lipinski definition) is 1. The minimum absolute atomic E-state index is 0.0223. The number of carbonyl (C=O) groups excluding carboxylic acids is 4. The number of methoxy groups -OCH3 is 1. The Morgan fingerprint density at radius 2 is 1.41 bits per heavy atom. The van der Waals surface area contributed by atoms with Crippen molar-refractivity contribution in [2.45, 2.75) is 97.8 Å². The van der Waals surface area contributed by atoms with Crippen molar-refractivity contribution in [2.24, 2.45) is 11.7 Å². The third-order valence-electron chi connectivity index (χ3n) is 5.02. The Morgan fingerprint density at radius 3 is 1.90 bits per heavy atom. The summed E-state index contributed by atoms with van der Waals surface area (Å²) in [5.74, 6) is -1.02. The molecule has 0 aliphatic heterocycles. The molecular weight excluding hydrogens is 510 g/mol. The van der Waals surface area contributed by atoms with Gasteiger partial charge in [0.2, 0.25) is 0 Å². The van der Waals surface area contributed by atoms with Gasteiger partial charge in [-0.3, -0.25) is 9.59 Å². The van der Waals surface area contributed by atoms with Crippen LogP contribution in [0.3, 0.4) is 0 Å². The van der Waals surface area contributed by atoms with Gasteiger partial charge in [-0.05, 0) is 71.6 Å². The van der Waals surface area contributed by atoms with Crippen molar-refractivity contribution in [3.05, 3.63) is 23.8 Å². The predicted molar refractivity (Wildman–Crippen MR) is 142 cm³/mol. The van der Waals surface area contributed by atoms with Gasteiger partial charge in [-0.1, -0.05) is 19.9 Å². The molecule has 0 saturated carbocycles. The van der Waals surface area contributed by atoms with Crippen LogP contribution in [0.4, 0.5) is 9.59 Å². The minimum Gasteiger partial charge on any atom is -0.468 e. The van der Waals surface area contributed by atoms with Crippen molar-refractivity contribution in [2.75, 3.05) is 13.7 Å². The molecule has 11 heteroatoms. The molecule has 1 atom stereocenters. The molecule has 2 N–H and O–H groups in total. The van der Waals surface area contributed by atoms with Crippen LogP contribution in [0.15, 0.2) is 18.2 Å². The van der Waals surface area contributed by atoms with Crippen LogP contribution in [0.25, 0.3) is 0 Å². The quantitative estimate of drug-likeness (QED) is 0.221. The Morgan fingerprint density at radius 1 is 0.872 bits per heavy atom. The molecule has 0 fully saturated rings. The molecule has 0 aliphatic carbocycles. The van der Waals surface area contributed by atoms with E-state index in [2.05, 4.69) is 0 Å². The third kappa shape index (κ3) is 13.3. The molecule has 1 aromatic carbocycles. The molecular formula is C28H43NO10. The number of benzene rings is 1. The van der Waals surface area contributed by atoms with Crippen LogP contribution in [0.2, 0.25) is 0 Å². The normalized spacial score (nSPS) is 13.2. The first kappa shape index (κ1) is 33.7. The molecule has 0 unspecified atom stereocenters. The van der Waals surface area contributed by atoms with Crippen LogP contribution >= 0.6 is 0 Å². The molecule has 0 saturated heterocycles. The van der Waals surface area contributed by atoms with E-state index >= 15 is 0 Å². The molecule has 11 nitrogen and oxygen atoms in total. The lowest BCUT2D eigenvalue weighted by molar-refractivity contribution is -0.151. The summed E-state index contributed by atoms with van der Waals surface area (Å²) < 4.78 is 31.1. The first-order valence-corrected chi connectivity index (χ1v) is 12.8. The molecule has 0 spiro atoms. The lowest BCUT2D eigenvalue weighted by Gasteiger charge is -2.27. The number of ether oxygens (including phenoxy) is 6. The van der Waals surface area contributed by atoms with Crippen molar-refractivity contribution >= 4 is 24.2 Å². The molecule has 0 radical (unpaired) electrons. The van der Waals surface area contributed by atoms with E-state index in [4.69, 9.17) is 34.2 Å². The summed E-state index contributed by atoms with van der Waals surface area (Å²) in [5.41, 5.74) is 3.63. The van der Waals surface area contributed by atoms with Gasteiger partial charge in [-0.15, -0.1) is 0 Å². The zero-order valence-electron chi connectivity index (χ0n) is 24.5. The fourth-order valence-corrected chi connectivity index (χ4v) is 3.20. The van der Waals surface area contributed by atoms with Crippen LogP contribution in [0.1, 0.15) is 80.2 Å². The van der Waals surface area contributed by atoms with Gasteiger partial charge in [0.05, 0.1) is 13.7 Å². The van der Waals surface area contributed by atoms with Crippen molar-refractivity contribution < 1.29 is 47.6 Å². The number of carbonyl (C=O) groups is 4. The van der Waals surface area contributed by atoms with Crippen molar-refractivity contribution in [3.8, 4) is 11.5 Å². The third-order valence-corrected chi connectivity index (χ3v) is 5.02. The summed E-state index contributed by atoms with van der Waals surface area (Å²) in [6.07, 6.45) is -1.19. The molecule has 220 valence electrons. The summed E-state index contributed by atoms with van der Waals surface area (Å²) in [5, 5.41) is 0. The molecule has 1 aromatic rings. The molecule has 0 aromatic heterocycles. The van der Waals surface area contributed by atoms with E-state index in [1.54, 1.807) is 47.6 Å². The largest absolute Gasteiger partial charge is 0.514 e. The van der Waals surface area contributed by atoms with E-state index in [1.807, 2.05) is 13.8 Å². The van der Waals surface area contributed by atoms with E-state index in [1.165, 1.54) is 19.2 Å². The fraction of sp³-hybridized carbons (Fsp3) is 0.643. The van der Waals surface area contributed by atoms with E-state index in [-0.39, 0.29) is 43.3 Å². The SMILES string of the molecule is COC(=O)[C@@](N)(CCOC(=O)CCC(C)C)Cc1ccc(OC(=O)OC(C)(C)C)c(OC(=O)OC(C)(C)C)c1. The van der Waals surface area contributed by atoms with Gasteiger partial charge >= 0.3 is 24.2 Å².